The molecule has 2 rings (SSSR count). The second-order valence-electron chi connectivity index (χ2n) is 12.1. The second-order valence-corrected chi connectivity index (χ2v) is 12.1. The largest absolute Gasteiger partial charge is 0.368 e. The van der Waals surface area contributed by atoms with Gasteiger partial charge in [0.2, 0.25) is 11.8 Å². The molecule has 12 heteroatoms. The van der Waals surface area contributed by atoms with Gasteiger partial charge in [0.25, 0.3) is 0 Å². The van der Waals surface area contributed by atoms with Crippen LogP contribution >= 0.6 is 0 Å². The number of allylic oxidation sites excluding steroid dienone is 1. The van der Waals surface area contributed by atoms with Gasteiger partial charge in [0.1, 0.15) is 5.69 Å². The first-order chi connectivity index (χ1) is 21.3. The summed E-state index contributed by atoms with van der Waals surface area (Å²) < 4.78 is 3.44. The summed E-state index contributed by atoms with van der Waals surface area (Å²) in [5.74, 6) is -0.974. The Morgan fingerprint density at radius 3 is 1.57 bits per heavy atom. The highest BCUT2D eigenvalue weighted by molar-refractivity contribution is 5.79. The molecule has 2 aromatic heterocycles. The van der Waals surface area contributed by atoms with Gasteiger partial charge in [0.15, 0.2) is 0 Å². The Bertz CT molecular complexity index is 1070. The van der Waals surface area contributed by atoms with E-state index in [2.05, 4.69) is 26.7 Å². The fraction of sp³-hybridized carbons (Fsp3) is 0.750. The van der Waals surface area contributed by atoms with Crippen LogP contribution < -0.4 is 22.9 Å². The summed E-state index contributed by atoms with van der Waals surface area (Å²) in [5.41, 5.74) is 23.5. The van der Waals surface area contributed by atoms with Gasteiger partial charge in [-0.15, -0.1) is 10.2 Å². The first-order valence-electron chi connectivity index (χ1n) is 16.9. The van der Waals surface area contributed by atoms with Crippen LogP contribution in [0.2, 0.25) is 0 Å². The fourth-order valence-electron chi connectivity index (χ4n) is 5.14. The summed E-state index contributed by atoms with van der Waals surface area (Å²) in [6, 6.07) is -1.28. The van der Waals surface area contributed by atoms with E-state index in [1.807, 2.05) is 18.5 Å². The van der Waals surface area contributed by atoms with Gasteiger partial charge < -0.3 is 22.9 Å². The van der Waals surface area contributed by atoms with Crippen LogP contribution in [0.15, 0.2) is 18.5 Å². The number of hydrogen-bond donors (Lipinski definition) is 4. The van der Waals surface area contributed by atoms with Crippen molar-refractivity contribution in [2.24, 2.45) is 22.9 Å². The van der Waals surface area contributed by atoms with Crippen molar-refractivity contribution in [2.75, 3.05) is 0 Å². The summed E-state index contributed by atoms with van der Waals surface area (Å²) in [6.07, 6.45) is 32.0. The fourth-order valence-corrected chi connectivity index (χ4v) is 5.14. The SMILES string of the molecule is NC(=O)C(N)CCn1cc(/C=C\CCCCCCCCCCCCCCCCCCc2cn(CCC(N)C(N)=O)nn2)nn1. The zero-order valence-electron chi connectivity index (χ0n) is 26.8. The third kappa shape index (κ3) is 17.9. The van der Waals surface area contributed by atoms with Crippen molar-refractivity contribution >= 4 is 17.9 Å². The first-order valence-corrected chi connectivity index (χ1v) is 16.9. The summed E-state index contributed by atoms with van der Waals surface area (Å²) in [4.78, 5) is 22.0. The maximum Gasteiger partial charge on any atom is 0.234 e. The van der Waals surface area contributed by atoms with E-state index in [4.69, 9.17) is 22.9 Å². The van der Waals surface area contributed by atoms with E-state index < -0.39 is 23.9 Å². The molecule has 0 saturated carbocycles. The molecule has 0 aliphatic carbocycles. The normalized spacial score (nSPS) is 13.0. The lowest BCUT2D eigenvalue weighted by atomic mass is 10.0. The Morgan fingerprint density at radius 1 is 0.636 bits per heavy atom. The molecule has 0 radical (unpaired) electrons. The molecular weight excluding hydrogens is 556 g/mol. The zero-order chi connectivity index (χ0) is 31.8. The quantitative estimate of drug-likeness (QED) is 0.102. The molecule has 8 N–H and O–H groups in total. The summed E-state index contributed by atoms with van der Waals surface area (Å²) in [5, 5.41) is 16.5. The topological polar surface area (TPSA) is 200 Å². The molecule has 0 aliphatic heterocycles. The van der Waals surface area contributed by atoms with Crippen molar-refractivity contribution in [1.29, 1.82) is 0 Å². The molecule has 0 aliphatic rings. The van der Waals surface area contributed by atoms with Crippen LogP contribution in [0.5, 0.6) is 0 Å². The Kier molecular flexibility index (Phi) is 19.6. The van der Waals surface area contributed by atoms with E-state index in [-0.39, 0.29) is 0 Å². The molecule has 248 valence electrons. The average Bonchev–Trinajstić information content (AvgIpc) is 3.66. The van der Waals surface area contributed by atoms with Crippen LogP contribution in [0.4, 0.5) is 0 Å². The molecule has 44 heavy (non-hydrogen) atoms. The van der Waals surface area contributed by atoms with Crippen LogP contribution in [0.3, 0.4) is 0 Å². The highest BCUT2D eigenvalue weighted by Crippen LogP contribution is 2.15. The molecule has 2 heterocycles. The van der Waals surface area contributed by atoms with E-state index in [0.717, 1.165) is 30.7 Å². The van der Waals surface area contributed by atoms with Crippen LogP contribution in [0.25, 0.3) is 6.08 Å². The smallest absolute Gasteiger partial charge is 0.234 e. The number of aryl methyl sites for hydroxylation is 3. The minimum atomic E-state index is -0.647. The molecule has 12 nitrogen and oxygen atoms in total. The molecule has 0 aromatic carbocycles. The number of carbonyl (C=O) groups is 2. The van der Waals surface area contributed by atoms with Crippen LogP contribution in [-0.2, 0) is 29.1 Å². The number of nitrogens with two attached hydrogens (primary N) is 4. The van der Waals surface area contributed by atoms with Crippen molar-refractivity contribution in [3.63, 3.8) is 0 Å². The molecule has 2 aromatic rings. The molecule has 0 spiro atoms. The van der Waals surface area contributed by atoms with Crippen molar-refractivity contribution in [3.05, 3.63) is 29.9 Å². The number of nitrogens with zero attached hydrogens (tertiary/aromatic N) is 6. The van der Waals surface area contributed by atoms with Gasteiger partial charge in [-0.3, -0.25) is 19.0 Å². The Balaban J connectivity index is 1.29. The molecular formula is C32H58N10O2. The number of rotatable bonds is 28. The van der Waals surface area contributed by atoms with Crippen molar-refractivity contribution < 1.29 is 9.59 Å². The number of hydrogen-bond acceptors (Lipinski definition) is 8. The highest BCUT2D eigenvalue weighted by Gasteiger charge is 2.10. The van der Waals surface area contributed by atoms with Crippen LogP contribution in [-0.4, -0.2) is 53.9 Å². The summed E-state index contributed by atoms with van der Waals surface area (Å²) in [6.45, 7) is 1.09. The second kappa shape index (κ2) is 23.3. The minimum Gasteiger partial charge on any atom is -0.368 e. The van der Waals surface area contributed by atoms with E-state index >= 15 is 0 Å². The highest BCUT2D eigenvalue weighted by atomic mass is 16.1. The van der Waals surface area contributed by atoms with E-state index in [1.165, 1.54) is 96.3 Å². The number of amides is 2. The zero-order valence-corrected chi connectivity index (χ0v) is 26.8. The predicted octanol–water partition coefficient (Wildman–Crippen LogP) is 4.16. The Hall–Kier alpha value is -3.12. The van der Waals surface area contributed by atoms with Gasteiger partial charge in [-0.1, -0.05) is 106 Å². The number of aromatic nitrogens is 6. The van der Waals surface area contributed by atoms with Crippen LogP contribution in [0, 0.1) is 0 Å². The molecule has 0 saturated heterocycles. The Labute approximate surface area is 263 Å². The van der Waals surface area contributed by atoms with Crippen molar-refractivity contribution in [2.45, 2.75) is 154 Å². The van der Waals surface area contributed by atoms with E-state index in [1.54, 1.807) is 9.36 Å². The van der Waals surface area contributed by atoms with Gasteiger partial charge in [-0.2, -0.15) is 0 Å². The molecule has 2 amide bonds. The predicted molar refractivity (Wildman–Crippen MR) is 175 cm³/mol. The number of carbonyl (C=O) groups excluding carboxylic acids is 2. The van der Waals surface area contributed by atoms with Gasteiger partial charge in [0.05, 0.1) is 24.0 Å². The standard InChI is InChI=1S/C32H58N10O2/c33-29(31(35)43)21-23-41-25-27(37-39-41)19-17-15-13-11-9-7-5-3-1-2-4-6-8-10-12-14-16-18-20-28-26-42(40-38-28)24-22-30(34)32(36)44/h17,19,25-26,29-30H,1-16,18,20-24,33-34H2,(H2,35,43)(H2,36,44)/b19-17-. The minimum absolute atomic E-state index is 0.459. The average molecular weight is 615 g/mol. The summed E-state index contributed by atoms with van der Waals surface area (Å²) in [7, 11) is 0. The van der Waals surface area contributed by atoms with Crippen LogP contribution in [0.1, 0.15) is 133 Å². The maximum absolute atomic E-state index is 11.0. The molecule has 0 bridgehead atoms. The Morgan fingerprint density at radius 2 is 1.07 bits per heavy atom. The lowest BCUT2D eigenvalue weighted by molar-refractivity contribution is -0.120. The van der Waals surface area contributed by atoms with E-state index in [9.17, 15) is 9.59 Å². The van der Waals surface area contributed by atoms with Gasteiger partial charge in [-0.05, 0) is 44.6 Å². The third-order valence-electron chi connectivity index (χ3n) is 8.05. The lowest BCUT2D eigenvalue weighted by Crippen LogP contribution is -2.37. The summed E-state index contributed by atoms with van der Waals surface area (Å²) >= 11 is 0. The molecule has 2 unspecified atom stereocenters. The number of primary amides is 2. The monoisotopic (exact) mass is 614 g/mol. The molecule has 2 atom stereocenters. The lowest BCUT2D eigenvalue weighted by Gasteiger charge is -2.05. The van der Waals surface area contributed by atoms with Gasteiger partial charge in [0, 0.05) is 19.3 Å². The van der Waals surface area contributed by atoms with Gasteiger partial charge >= 0.3 is 0 Å². The number of unbranched alkanes of at least 4 members (excludes halogenated alkanes) is 16. The van der Waals surface area contributed by atoms with Crippen molar-refractivity contribution in [1.82, 2.24) is 30.0 Å². The van der Waals surface area contributed by atoms with Crippen molar-refractivity contribution in [3.8, 4) is 0 Å². The maximum atomic E-state index is 11.0. The first kappa shape index (κ1) is 37.1. The molecule has 0 fully saturated rings. The third-order valence-corrected chi connectivity index (χ3v) is 8.05. The van der Waals surface area contributed by atoms with E-state index in [0.29, 0.717) is 25.9 Å². The van der Waals surface area contributed by atoms with Gasteiger partial charge in [-0.25, -0.2) is 0 Å².